The molecule has 8 heteroatoms. The van der Waals surface area contributed by atoms with Gasteiger partial charge in [0.2, 0.25) is 11.8 Å². The molecule has 1 saturated carbocycles. The molecule has 0 unspecified atom stereocenters. The van der Waals surface area contributed by atoms with Crippen molar-refractivity contribution in [3.05, 3.63) is 102 Å². The molecular formula is C34H32N4O2S2. The molecule has 1 aliphatic carbocycles. The van der Waals surface area contributed by atoms with Gasteiger partial charge in [0.25, 0.3) is 0 Å². The average Bonchev–Trinajstić information content (AvgIpc) is 3.57. The predicted octanol–water partition coefficient (Wildman–Crippen LogP) is 7.85. The number of nitrogens with one attached hydrogen (secondary N) is 2. The quantitative estimate of drug-likeness (QED) is 0.183. The summed E-state index contributed by atoms with van der Waals surface area (Å²) in [5.41, 5.74) is 4.19. The van der Waals surface area contributed by atoms with Gasteiger partial charge in [-0.25, -0.2) is 4.98 Å². The molecule has 2 aliphatic rings. The minimum absolute atomic E-state index is 0.0506. The highest BCUT2D eigenvalue weighted by Crippen LogP contribution is 2.38. The molecule has 1 saturated heterocycles. The van der Waals surface area contributed by atoms with Crippen LogP contribution in [0.25, 0.3) is 31.5 Å². The maximum absolute atomic E-state index is 14.0. The Hall–Kier alpha value is -4.01. The molecule has 1 aliphatic heterocycles. The standard InChI is InChI=1S/C34H32N4O2S2/c39-31(20-22-10-11-22)37-32(25-6-2-1-3-7-25)34(40)38-18-4-8-27(38)33-35-21-26(36-33)30-17-16-29(42-30)24-14-12-23(13-15-24)28-9-5-19-41-28/h1-3,5-7,9,12-17,19,21-22,27,32H,4,8,10-11,18,20H2,(H,35,36)(H,37,39)/t27-,32-/m1/s1. The second kappa shape index (κ2) is 11.7. The van der Waals surface area contributed by atoms with Crippen LogP contribution in [-0.2, 0) is 9.59 Å². The largest absolute Gasteiger partial charge is 0.341 e. The third-order valence-electron chi connectivity index (χ3n) is 8.15. The van der Waals surface area contributed by atoms with Gasteiger partial charge in [0.05, 0.1) is 22.8 Å². The van der Waals surface area contributed by atoms with Crippen molar-refractivity contribution in [3.8, 4) is 31.5 Å². The highest BCUT2D eigenvalue weighted by molar-refractivity contribution is 7.18. The molecule has 7 rings (SSSR count). The zero-order valence-electron chi connectivity index (χ0n) is 23.2. The van der Waals surface area contributed by atoms with Crippen LogP contribution in [0, 0.1) is 5.92 Å². The van der Waals surface area contributed by atoms with Gasteiger partial charge < -0.3 is 15.2 Å². The Balaban J connectivity index is 1.08. The van der Waals surface area contributed by atoms with Crippen molar-refractivity contribution in [1.82, 2.24) is 20.2 Å². The smallest absolute Gasteiger partial charge is 0.250 e. The maximum Gasteiger partial charge on any atom is 0.250 e. The molecule has 0 spiro atoms. The van der Waals surface area contributed by atoms with Gasteiger partial charge in [-0.05, 0) is 71.9 Å². The third-order valence-corrected chi connectivity index (χ3v) is 10.2. The molecule has 0 radical (unpaired) electrons. The summed E-state index contributed by atoms with van der Waals surface area (Å²) in [7, 11) is 0. The first-order chi connectivity index (χ1) is 20.6. The Morgan fingerprint density at radius 2 is 1.67 bits per heavy atom. The Kier molecular flexibility index (Phi) is 7.48. The fourth-order valence-electron chi connectivity index (χ4n) is 5.73. The van der Waals surface area contributed by atoms with Gasteiger partial charge in [-0.1, -0.05) is 60.7 Å². The van der Waals surface area contributed by atoms with E-state index in [2.05, 4.69) is 64.2 Å². The Labute approximate surface area is 253 Å². The van der Waals surface area contributed by atoms with Crippen molar-refractivity contribution in [1.29, 1.82) is 0 Å². The first-order valence-corrected chi connectivity index (χ1v) is 16.3. The summed E-state index contributed by atoms with van der Waals surface area (Å²) in [5, 5.41) is 5.16. The molecule has 2 amide bonds. The fourth-order valence-corrected chi connectivity index (χ4v) is 7.44. The molecule has 2 fully saturated rings. The van der Waals surface area contributed by atoms with Crippen LogP contribution < -0.4 is 5.32 Å². The number of rotatable bonds is 9. The van der Waals surface area contributed by atoms with E-state index in [0.717, 1.165) is 47.6 Å². The van der Waals surface area contributed by atoms with Crippen LogP contribution in [-0.4, -0.2) is 33.2 Å². The monoisotopic (exact) mass is 592 g/mol. The molecular weight excluding hydrogens is 561 g/mol. The zero-order chi connectivity index (χ0) is 28.5. The Morgan fingerprint density at radius 3 is 2.40 bits per heavy atom. The number of nitrogens with zero attached hydrogens (tertiary/aromatic N) is 2. The van der Waals surface area contributed by atoms with Gasteiger partial charge in [0.1, 0.15) is 11.9 Å². The van der Waals surface area contributed by atoms with Crippen molar-refractivity contribution >= 4 is 34.5 Å². The molecule has 2 atom stereocenters. The number of benzene rings is 2. The lowest BCUT2D eigenvalue weighted by atomic mass is 10.0. The zero-order valence-corrected chi connectivity index (χ0v) is 24.8. The maximum atomic E-state index is 14.0. The summed E-state index contributed by atoms with van der Waals surface area (Å²) in [6.45, 7) is 0.645. The number of likely N-dealkylation sites (tertiary alicyclic amines) is 1. The van der Waals surface area contributed by atoms with Crippen molar-refractivity contribution in [2.75, 3.05) is 6.54 Å². The number of aromatic nitrogens is 2. The molecule has 2 N–H and O–H groups in total. The van der Waals surface area contributed by atoms with Crippen LogP contribution in [0.3, 0.4) is 0 Å². The van der Waals surface area contributed by atoms with Gasteiger partial charge in [-0.2, -0.15) is 0 Å². The van der Waals surface area contributed by atoms with E-state index in [0.29, 0.717) is 18.9 Å². The minimum atomic E-state index is -0.696. The molecule has 212 valence electrons. The first kappa shape index (κ1) is 26.9. The van der Waals surface area contributed by atoms with Crippen LogP contribution in [0.15, 0.2) is 90.4 Å². The van der Waals surface area contributed by atoms with E-state index in [1.54, 1.807) is 22.7 Å². The lowest BCUT2D eigenvalue weighted by Gasteiger charge is -2.28. The number of amides is 2. The van der Waals surface area contributed by atoms with Gasteiger partial charge >= 0.3 is 0 Å². The Morgan fingerprint density at radius 1 is 0.905 bits per heavy atom. The minimum Gasteiger partial charge on any atom is -0.341 e. The molecule has 6 nitrogen and oxygen atoms in total. The highest BCUT2D eigenvalue weighted by Gasteiger charge is 2.37. The number of thiophene rings is 2. The predicted molar refractivity (Wildman–Crippen MR) is 169 cm³/mol. The number of carbonyl (C=O) groups is 2. The van der Waals surface area contributed by atoms with E-state index in [-0.39, 0.29) is 17.9 Å². The number of hydrogen-bond donors (Lipinski definition) is 2. The second-order valence-corrected chi connectivity index (χ2v) is 13.2. The number of carbonyl (C=O) groups excluding carboxylic acids is 2. The first-order valence-electron chi connectivity index (χ1n) is 14.6. The molecule has 42 heavy (non-hydrogen) atoms. The SMILES string of the molecule is O=C(CC1CC1)N[C@@H](C(=O)N1CCC[C@@H]1c1ncc(-c2ccc(-c3ccc(-c4cccs4)cc3)s2)[nH]1)c1ccccc1. The van der Waals surface area contributed by atoms with E-state index in [9.17, 15) is 9.59 Å². The summed E-state index contributed by atoms with van der Waals surface area (Å²) in [4.78, 5) is 40.5. The molecule has 4 heterocycles. The molecule has 2 aromatic carbocycles. The van der Waals surface area contributed by atoms with Crippen LogP contribution >= 0.6 is 22.7 Å². The van der Waals surface area contributed by atoms with Crippen molar-refractivity contribution < 1.29 is 9.59 Å². The van der Waals surface area contributed by atoms with Crippen LogP contribution in [0.2, 0.25) is 0 Å². The number of hydrogen-bond acceptors (Lipinski definition) is 5. The lowest BCUT2D eigenvalue weighted by Crippen LogP contribution is -2.43. The summed E-state index contributed by atoms with van der Waals surface area (Å²) in [5.74, 6) is 1.13. The van der Waals surface area contributed by atoms with Crippen LogP contribution in [0.4, 0.5) is 0 Å². The summed E-state index contributed by atoms with van der Waals surface area (Å²) in [6, 6.07) is 26.0. The summed E-state index contributed by atoms with van der Waals surface area (Å²) < 4.78 is 0. The van der Waals surface area contributed by atoms with Gasteiger partial charge in [0.15, 0.2) is 0 Å². The fraction of sp³-hybridized carbons (Fsp3) is 0.265. The van der Waals surface area contributed by atoms with Gasteiger partial charge in [0, 0.05) is 22.7 Å². The van der Waals surface area contributed by atoms with Crippen molar-refractivity contribution in [2.24, 2.45) is 5.92 Å². The highest BCUT2D eigenvalue weighted by atomic mass is 32.1. The van der Waals surface area contributed by atoms with E-state index in [1.165, 1.54) is 20.9 Å². The second-order valence-electron chi connectivity index (χ2n) is 11.1. The molecule has 0 bridgehead atoms. The van der Waals surface area contributed by atoms with Crippen LogP contribution in [0.1, 0.15) is 55.6 Å². The number of aromatic amines is 1. The Bertz CT molecular complexity index is 1670. The number of imidazole rings is 1. The number of H-pyrrole nitrogens is 1. The third kappa shape index (κ3) is 5.69. The van der Waals surface area contributed by atoms with Gasteiger partial charge in [-0.15, -0.1) is 22.7 Å². The normalized spacial score (nSPS) is 17.3. The van der Waals surface area contributed by atoms with Crippen LogP contribution in [0.5, 0.6) is 0 Å². The molecule has 3 aromatic heterocycles. The van der Waals surface area contributed by atoms with E-state index >= 15 is 0 Å². The lowest BCUT2D eigenvalue weighted by molar-refractivity contribution is -0.137. The van der Waals surface area contributed by atoms with E-state index in [1.807, 2.05) is 41.4 Å². The van der Waals surface area contributed by atoms with E-state index < -0.39 is 6.04 Å². The molecule has 5 aromatic rings. The van der Waals surface area contributed by atoms with E-state index in [4.69, 9.17) is 4.98 Å². The summed E-state index contributed by atoms with van der Waals surface area (Å²) in [6.07, 6.45) is 6.29. The summed E-state index contributed by atoms with van der Waals surface area (Å²) >= 11 is 3.48. The van der Waals surface area contributed by atoms with Crippen molar-refractivity contribution in [2.45, 2.75) is 44.2 Å². The van der Waals surface area contributed by atoms with Crippen molar-refractivity contribution in [3.63, 3.8) is 0 Å². The van der Waals surface area contributed by atoms with Gasteiger partial charge in [-0.3, -0.25) is 9.59 Å². The topological polar surface area (TPSA) is 78.1 Å². The average molecular weight is 593 g/mol.